The van der Waals surface area contributed by atoms with E-state index in [-0.39, 0.29) is 18.1 Å². The molecule has 0 unspecified atom stereocenters. The number of guanidine groups is 1. The van der Waals surface area contributed by atoms with Crippen molar-refractivity contribution in [3.8, 4) is 0 Å². The number of carbonyl (C=O) groups is 2. The zero-order chi connectivity index (χ0) is 23.6. The molecule has 0 saturated carbocycles. The lowest BCUT2D eigenvalue weighted by Gasteiger charge is -2.38. The van der Waals surface area contributed by atoms with Gasteiger partial charge in [0.2, 0.25) is 0 Å². The van der Waals surface area contributed by atoms with Crippen molar-refractivity contribution in [1.82, 2.24) is 10.6 Å². The summed E-state index contributed by atoms with van der Waals surface area (Å²) < 4.78 is 57.0. The first-order valence-corrected chi connectivity index (χ1v) is 10.7. The first-order valence-electron chi connectivity index (χ1n) is 8.90. The zero-order valence-electron chi connectivity index (χ0n) is 16.8. The Balaban J connectivity index is 0.00000150. The van der Waals surface area contributed by atoms with Gasteiger partial charge in [-0.3, -0.25) is 14.8 Å². The van der Waals surface area contributed by atoms with Crippen LogP contribution in [0.1, 0.15) is 33.1 Å². The number of hydrogen-bond donors (Lipinski definition) is 6. The second kappa shape index (κ2) is 12.4. The highest BCUT2D eigenvalue weighted by molar-refractivity contribution is 7.85. The molecule has 0 radical (unpaired) electrons. The smallest absolute Gasteiger partial charge is 0.331 e. The molecule has 1 aliphatic rings. The minimum absolute atomic E-state index is 0.00254. The van der Waals surface area contributed by atoms with Crippen LogP contribution in [0.4, 0.5) is 8.78 Å². The Morgan fingerprint density at radius 3 is 2.20 bits per heavy atom. The molecular weight excluding hydrogens is 430 g/mol. The van der Waals surface area contributed by atoms with Crippen molar-refractivity contribution in [2.75, 3.05) is 6.26 Å². The molecule has 0 heterocycles. The molecular formula is C16H28F2N4O7S. The van der Waals surface area contributed by atoms with E-state index in [1.54, 1.807) is 0 Å². The van der Waals surface area contributed by atoms with Crippen LogP contribution < -0.4 is 16.4 Å². The van der Waals surface area contributed by atoms with Crippen LogP contribution in [0.3, 0.4) is 0 Å². The van der Waals surface area contributed by atoms with E-state index in [0.29, 0.717) is 19.1 Å². The van der Waals surface area contributed by atoms with E-state index >= 15 is 0 Å². The van der Waals surface area contributed by atoms with Crippen LogP contribution in [0.5, 0.6) is 0 Å². The summed E-state index contributed by atoms with van der Waals surface area (Å²) in [5, 5.41) is 21.3. The summed E-state index contributed by atoms with van der Waals surface area (Å²) in [7, 11) is -3.67. The topological polar surface area (TPSA) is 192 Å². The molecule has 30 heavy (non-hydrogen) atoms. The Kier molecular flexibility index (Phi) is 11.4. The minimum Gasteiger partial charge on any atom is -0.478 e. The van der Waals surface area contributed by atoms with Crippen LogP contribution in [-0.4, -0.2) is 72.9 Å². The van der Waals surface area contributed by atoms with Crippen molar-refractivity contribution in [2.24, 2.45) is 5.73 Å². The molecule has 0 aromatic carbocycles. The predicted molar refractivity (Wildman–Crippen MR) is 104 cm³/mol. The second-order valence-corrected chi connectivity index (χ2v) is 7.94. The summed E-state index contributed by atoms with van der Waals surface area (Å²) >= 11 is 0. The number of amides is 1. The molecule has 1 amide bonds. The lowest BCUT2D eigenvalue weighted by atomic mass is 9.87. The van der Waals surface area contributed by atoms with Gasteiger partial charge in [0.15, 0.2) is 5.96 Å². The maximum atomic E-state index is 12.7. The highest BCUT2D eigenvalue weighted by Gasteiger charge is 2.39. The van der Waals surface area contributed by atoms with Gasteiger partial charge in [-0.1, -0.05) is 13.8 Å². The van der Waals surface area contributed by atoms with E-state index in [1.165, 1.54) is 6.08 Å². The number of nitrogens with one attached hydrogen (secondary N) is 3. The molecule has 174 valence electrons. The van der Waals surface area contributed by atoms with E-state index in [2.05, 4.69) is 10.6 Å². The Bertz CT molecular complexity index is 734. The van der Waals surface area contributed by atoms with Gasteiger partial charge in [0.05, 0.1) is 30.5 Å². The molecule has 0 spiro atoms. The van der Waals surface area contributed by atoms with E-state index < -0.39 is 52.6 Å². The maximum absolute atomic E-state index is 12.7. The van der Waals surface area contributed by atoms with Crippen LogP contribution in [0.25, 0.3) is 0 Å². The number of carboxylic acid groups (broad SMARTS) is 1. The summed E-state index contributed by atoms with van der Waals surface area (Å²) in [5.74, 6) is -3.15. The van der Waals surface area contributed by atoms with Gasteiger partial charge < -0.3 is 26.2 Å². The number of ether oxygens (including phenoxy) is 1. The fraction of sp³-hybridized carbons (Fsp3) is 0.688. The third-order valence-electron chi connectivity index (χ3n) is 3.98. The lowest BCUT2D eigenvalue weighted by Crippen LogP contribution is -2.61. The minimum atomic E-state index is -3.67. The zero-order valence-corrected chi connectivity index (χ0v) is 17.6. The molecule has 0 fully saturated rings. The number of carbonyl (C=O) groups excluding carboxylic acids is 1. The quantitative estimate of drug-likeness (QED) is 0.166. The molecule has 1 rings (SSSR count). The number of carboxylic acids is 1. The molecule has 3 atom stereocenters. The Morgan fingerprint density at radius 2 is 1.83 bits per heavy atom. The van der Waals surface area contributed by atoms with Gasteiger partial charge in [0.1, 0.15) is 0 Å². The largest absolute Gasteiger partial charge is 0.478 e. The van der Waals surface area contributed by atoms with Gasteiger partial charge in [-0.15, -0.1) is 0 Å². The highest BCUT2D eigenvalue weighted by atomic mass is 32.2. The number of rotatable bonds is 8. The van der Waals surface area contributed by atoms with Gasteiger partial charge in [0.25, 0.3) is 16.0 Å². The van der Waals surface area contributed by atoms with Gasteiger partial charge in [0, 0.05) is 12.0 Å². The van der Waals surface area contributed by atoms with Crippen LogP contribution in [0, 0.1) is 5.41 Å². The number of aliphatic carboxylic acids is 1. The normalized spacial score (nSPS) is 21.3. The Labute approximate surface area is 173 Å². The van der Waals surface area contributed by atoms with Crippen LogP contribution in [0.2, 0.25) is 0 Å². The fourth-order valence-corrected chi connectivity index (χ4v) is 2.70. The predicted octanol–water partition coefficient (Wildman–Crippen LogP) is 0.0805. The van der Waals surface area contributed by atoms with E-state index in [4.69, 9.17) is 20.4 Å². The van der Waals surface area contributed by atoms with E-state index in [9.17, 15) is 31.9 Å². The molecule has 0 aromatic heterocycles. The average Bonchev–Trinajstić information content (AvgIpc) is 2.59. The average molecular weight is 458 g/mol. The SMILES string of the molecule is CCC(CC)O[C@@H]1C=C(C(=O)O)C[C@H](NC(=N)N)[C@H]1NC(=O)C(F)F.CS(=O)(=O)O. The fourth-order valence-electron chi connectivity index (χ4n) is 2.70. The summed E-state index contributed by atoms with van der Waals surface area (Å²) in [6.07, 6.45) is -1.22. The van der Waals surface area contributed by atoms with Gasteiger partial charge >= 0.3 is 12.4 Å². The van der Waals surface area contributed by atoms with Crippen LogP contribution in [-0.2, 0) is 24.4 Å². The number of halogens is 2. The summed E-state index contributed by atoms with van der Waals surface area (Å²) in [4.78, 5) is 22.8. The standard InChI is InChI=1S/C15H24F2N4O4.CH4O3S/c1-3-8(4-2)25-10-6-7(14(23)24)5-9(20-15(18)19)11(10)21-13(22)12(16)17;1-5(2,3)4/h6,8-12H,3-5H2,1-2H3,(H,21,22)(H,23,24)(H4,18,19,20);1H3,(H,2,3,4)/t9-,10+,11+;/m0./s1. The highest BCUT2D eigenvalue weighted by Crippen LogP contribution is 2.24. The van der Waals surface area contributed by atoms with Crippen molar-refractivity contribution >= 4 is 28.0 Å². The molecule has 0 aliphatic heterocycles. The molecule has 7 N–H and O–H groups in total. The molecule has 0 aromatic rings. The number of nitrogens with two attached hydrogens (primary N) is 1. The molecule has 0 bridgehead atoms. The van der Waals surface area contributed by atoms with Crippen molar-refractivity contribution in [3.63, 3.8) is 0 Å². The van der Waals surface area contributed by atoms with Crippen LogP contribution >= 0.6 is 0 Å². The summed E-state index contributed by atoms with van der Waals surface area (Å²) in [5.41, 5.74) is 5.30. The first-order chi connectivity index (χ1) is 13.7. The van der Waals surface area contributed by atoms with Gasteiger partial charge in [-0.05, 0) is 18.9 Å². The Morgan fingerprint density at radius 1 is 1.33 bits per heavy atom. The lowest BCUT2D eigenvalue weighted by molar-refractivity contribution is -0.134. The first kappa shape index (κ1) is 27.7. The van der Waals surface area contributed by atoms with E-state index in [0.717, 1.165) is 0 Å². The maximum Gasteiger partial charge on any atom is 0.331 e. The van der Waals surface area contributed by atoms with Crippen molar-refractivity contribution in [2.45, 2.75) is 63.8 Å². The van der Waals surface area contributed by atoms with Gasteiger partial charge in [-0.2, -0.15) is 17.2 Å². The third kappa shape index (κ3) is 11.0. The number of alkyl halides is 2. The molecule has 14 heteroatoms. The monoisotopic (exact) mass is 458 g/mol. The Hall–Kier alpha value is -2.32. The van der Waals surface area contributed by atoms with Gasteiger partial charge in [-0.25, -0.2) is 4.79 Å². The number of hydrogen-bond acceptors (Lipinski definition) is 6. The van der Waals surface area contributed by atoms with Crippen molar-refractivity contribution < 1.29 is 41.2 Å². The molecule has 11 nitrogen and oxygen atoms in total. The second-order valence-electron chi connectivity index (χ2n) is 6.47. The van der Waals surface area contributed by atoms with E-state index in [1.807, 2.05) is 13.8 Å². The third-order valence-corrected chi connectivity index (χ3v) is 3.98. The molecule has 0 saturated heterocycles. The summed E-state index contributed by atoms with van der Waals surface area (Å²) in [6, 6.07) is -1.86. The van der Waals surface area contributed by atoms with Crippen molar-refractivity contribution in [1.29, 1.82) is 5.41 Å². The van der Waals surface area contributed by atoms with Crippen molar-refractivity contribution in [3.05, 3.63) is 11.6 Å². The van der Waals surface area contributed by atoms with Crippen LogP contribution in [0.15, 0.2) is 11.6 Å². The molecule has 1 aliphatic carbocycles. The summed E-state index contributed by atoms with van der Waals surface area (Å²) in [6.45, 7) is 3.74.